The minimum absolute atomic E-state index is 0.0322. The topological polar surface area (TPSA) is 209 Å². The number of amides is 1. The Hall–Kier alpha value is -6.13. The van der Waals surface area contributed by atoms with Crippen LogP contribution in [0.4, 0.5) is 11.6 Å². The molecule has 0 spiro atoms. The second kappa shape index (κ2) is 13.7. The van der Waals surface area contributed by atoms with Gasteiger partial charge in [-0.3, -0.25) is 9.69 Å². The van der Waals surface area contributed by atoms with E-state index in [0.717, 1.165) is 104 Å². The summed E-state index contributed by atoms with van der Waals surface area (Å²) in [5.41, 5.74) is 23.7. The van der Waals surface area contributed by atoms with Crippen molar-refractivity contribution in [2.75, 3.05) is 24.6 Å². The van der Waals surface area contributed by atoms with Crippen molar-refractivity contribution in [2.24, 2.45) is 0 Å². The third-order valence-electron chi connectivity index (χ3n) is 12.7. The smallest absolute Gasteiger partial charge is 0.227 e. The van der Waals surface area contributed by atoms with Crippen molar-refractivity contribution in [3.63, 3.8) is 0 Å². The standard InChI is InChI=1S/C44H48N12O4/c1-21(2)55-30-19-54(17-28-37(52-60-39(28)25-10-11-25)33(30)34-40(45)47-20-48-43(34)55)31(58)15-23-6-5-7-26(14-23)42-49-41(46)35-32-29(56(22(3)4)44(35)50-42)18-53(12-13-57)16-27-36(32)51-59-38(27)24-8-9-24/h5-7,14,20-22,24-25,57H,8-13,15-19H2,1-4H3,(H2,45,47,48)(H2,46,49,50). The van der Waals surface area contributed by atoms with E-state index in [2.05, 4.69) is 62.0 Å². The van der Waals surface area contributed by atoms with Crippen molar-refractivity contribution in [2.45, 2.75) is 110 Å². The zero-order valence-electron chi connectivity index (χ0n) is 34.3. The fourth-order valence-corrected chi connectivity index (χ4v) is 9.72. The van der Waals surface area contributed by atoms with Crippen molar-refractivity contribution in [1.82, 2.24) is 49.2 Å². The van der Waals surface area contributed by atoms with Crippen molar-refractivity contribution in [3.8, 4) is 33.9 Å². The van der Waals surface area contributed by atoms with Gasteiger partial charge in [0.15, 0.2) is 5.82 Å². The summed E-state index contributed by atoms with van der Waals surface area (Å²) < 4.78 is 16.4. The molecule has 4 aliphatic rings. The van der Waals surface area contributed by atoms with E-state index in [1.54, 1.807) is 0 Å². The van der Waals surface area contributed by atoms with Crippen LogP contribution in [0.5, 0.6) is 0 Å². The van der Waals surface area contributed by atoms with Gasteiger partial charge in [0.05, 0.1) is 36.9 Å². The Labute approximate surface area is 345 Å². The molecule has 2 fully saturated rings. The van der Waals surface area contributed by atoms with Gasteiger partial charge < -0.3 is 39.7 Å². The fourth-order valence-electron chi connectivity index (χ4n) is 9.72. The maximum atomic E-state index is 14.6. The number of nitrogens with zero attached hydrogens (tertiary/aromatic N) is 10. The molecular formula is C44H48N12O4. The van der Waals surface area contributed by atoms with Crippen LogP contribution in [0.25, 0.3) is 56.0 Å². The minimum Gasteiger partial charge on any atom is -0.395 e. The van der Waals surface area contributed by atoms with E-state index >= 15 is 0 Å². The Kier molecular flexibility index (Phi) is 8.43. The molecule has 16 heteroatoms. The Morgan fingerprint density at radius 3 is 2.08 bits per heavy atom. The molecular weight excluding hydrogens is 761 g/mol. The molecule has 2 aliphatic heterocycles. The number of aliphatic hydroxyl groups excluding tert-OH is 1. The molecule has 6 aromatic heterocycles. The normalized spacial score (nSPS) is 16.7. The quantitative estimate of drug-likeness (QED) is 0.140. The first-order valence-corrected chi connectivity index (χ1v) is 21.1. The summed E-state index contributed by atoms with van der Waals surface area (Å²) in [7, 11) is 0. The molecule has 2 saturated carbocycles. The van der Waals surface area contributed by atoms with Gasteiger partial charge in [-0.1, -0.05) is 28.5 Å². The zero-order valence-corrected chi connectivity index (χ0v) is 34.3. The molecule has 2 aliphatic carbocycles. The molecule has 1 aromatic carbocycles. The number of fused-ring (bicyclic) bond motifs is 10. The Bertz CT molecular complexity index is 2870. The summed E-state index contributed by atoms with van der Waals surface area (Å²) in [5, 5.41) is 20.8. The highest BCUT2D eigenvalue weighted by Gasteiger charge is 2.40. The maximum Gasteiger partial charge on any atom is 0.227 e. The number of aliphatic hydroxyl groups is 1. The van der Waals surface area contributed by atoms with Crippen LogP contribution in [0.15, 0.2) is 39.6 Å². The van der Waals surface area contributed by atoms with E-state index in [1.807, 2.05) is 29.2 Å². The molecule has 0 radical (unpaired) electrons. The monoisotopic (exact) mass is 808 g/mol. The van der Waals surface area contributed by atoms with Crippen LogP contribution in [0, 0.1) is 0 Å². The Balaban J connectivity index is 0.969. The van der Waals surface area contributed by atoms with Crippen molar-refractivity contribution >= 4 is 39.6 Å². The van der Waals surface area contributed by atoms with Crippen molar-refractivity contribution in [3.05, 3.63) is 70.2 Å². The largest absolute Gasteiger partial charge is 0.395 e. The van der Waals surface area contributed by atoms with Crippen LogP contribution in [0.2, 0.25) is 0 Å². The van der Waals surface area contributed by atoms with Gasteiger partial charge in [-0.15, -0.1) is 0 Å². The molecule has 308 valence electrons. The van der Waals surface area contributed by atoms with Gasteiger partial charge in [0, 0.05) is 82.8 Å². The van der Waals surface area contributed by atoms with Crippen LogP contribution in [0.1, 0.15) is 117 Å². The molecule has 1 amide bonds. The summed E-state index contributed by atoms with van der Waals surface area (Å²) >= 11 is 0. The number of benzene rings is 1. The summed E-state index contributed by atoms with van der Waals surface area (Å²) in [5.74, 6) is 3.60. The molecule has 0 unspecified atom stereocenters. The van der Waals surface area contributed by atoms with Crippen LogP contribution in [0.3, 0.4) is 0 Å². The number of aromatic nitrogens is 8. The van der Waals surface area contributed by atoms with Gasteiger partial charge in [-0.2, -0.15) is 0 Å². The Morgan fingerprint density at radius 1 is 0.800 bits per heavy atom. The van der Waals surface area contributed by atoms with Crippen LogP contribution >= 0.6 is 0 Å². The van der Waals surface area contributed by atoms with E-state index in [-0.39, 0.29) is 36.9 Å². The lowest BCUT2D eigenvalue weighted by Crippen LogP contribution is -2.32. The lowest BCUT2D eigenvalue weighted by molar-refractivity contribution is -0.131. The number of nitrogen functional groups attached to an aromatic ring is 2. The predicted octanol–water partition coefficient (Wildman–Crippen LogP) is 6.63. The summed E-state index contributed by atoms with van der Waals surface area (Å²) in [6, 6.07) is 7.91. The first-order valence-electron chi connectivity index (χ1n) is 21.1. The molecule has 5 N–H and O–H groups in total. The molecule has 16 nitrogen and oxygen atoms in total. The molecule has 8 heterocycles. The van der Waals surface area contributed by atoms with E-state index in [9.17, 15) is 9.90 Å². The molecule has 7 aromatic rings. The van der Waals surface area contributed by atoms with E-state index in [4.69, 9.17) is 30.5 Å². The highest BCUT2D eigenvalue weighted by atomic mass is 16.5. The van der Waals surface area contributed by atoms with Crippen LogP contribution < -0.4 is 11.5 Å². The Morgan fingerprint density at radius 2 is 1.43 bits per heavy atom. The first kappa shape index (κ1) is 36.9. The van der Waals surface area contributed by atoms with Crippen molar-refractivity contribution in [1.29, 1.82) is 0 Å². The minimum atomic E-state index is -0.0387. The molecule has 60 heavy (non-hydrogen) atoms. The lowest BCUT2D eigenvalue weighted by Gasteiger charge is -2.23. The number of anilines is 2. The van der Waals surface area contributed by atoms with Crippen molar-refractivity contribution < 1.29 is 18.9 Å². The van der Waals surface area contributed by atoms with Gasteiger partial charge in [0.1, 0.15) is 52.2 Å². The second-order valence-electron chi connectivity index (χ2n) is 17.5. The number of hydrogen-bond donors (Lipinski definition) is 3. The number of rotatable bonds is 9. The summed E-state index contributed by atoms with van der Waals surface area (Å²) in [6.07, 6.45) is 5.86. The molecule has 11 rings (SSSR count). The molecule has 0 bridgehead atoms. The third-order valence-corrected chi connectivity index (χ3v) is 12.7. The van der Waals surface area contributed by atoms with Gasteiger partial charge in [0.25, 0.3) is 0 Å². The molecule has 0 atom stereocenters. The second-order valence-corrected chi connectivity index (χ2v) is 17.5. The number of carbonyl (C=O) groups is 1. The number of nitrogens with two attached hydrogens (primary N) is 2. The van der Waals surface area contributed by atoms with E-state index in [1.165, 1.54) is 6.33 Å². The highest BCUT2D eigenvalue weighted by Crippen LogP contribution is 2.50. The predicted molar refractivity (Wildman–Crippen MR) is 224 cm³/mol. The third kappa shape index (κ3) is 5.74. The number of carbonyl (C=O) groups excluding carboxylic acids is 1. The van der Waals surface area contributed by atoms with Gasteiger partial charge >= 0.3 is 0 Å². The van der Waals surface area contributed by atoms with Gasteiger partial charge in [-0.05, 0) is 65.0 Å². The molecule has 0 saturated heterocycles. The first-order chi connectivity index (χ1) is 29.1. The lowest BCUT2D eigenvalue weighted by atomic mass is 10.0. The average Bonchev–Trinajstić information content (AvgIpc) is 4.13. The summed E-state index contributed by atoms with van der Waals surface area (Å²) in [6.45, 7) is 11.0. The average molecular weight is 809 g/mol. The van der Waals surface area contributed by atoms with E-state index in [0.29, 0.717) is 67.4 Å². The van der Waals surface area contributed by atoms with Crippen LogP contribution in [-0.4, -0.2) is 73.3 Å². The van der Waals surface area contributed by atoms with E-state index < -0.39 is 0 Å². The van der Waals surface area contributed by atoms with Crippen LogP contribution in [-0.2, 0) is 37.4 Å². The number of hydrogen-bond acceptors (Lipinski definition) is 13. The zero-order chi connectivity index (χ0) is 41.1. The number of β-amino-alcohol motifs (C(OH)–C–C–N with tert-alkyl or cyclic N) is 1. The highest BCUT2D eigenvalue weighted by molar-refractivity contribution is 6.04. The van der Waals surface area contributed by atoms with Gasteiger partial charge in [-0.25, -0.2) is 19.9 Å². The maximum absolute atomic E-state index is 14.6. The fraction of sp³-hybridized carbons (Fsp3) is 0.432. The SMILES string of the molecule is CC(C)n1c2c(c3c(N)ncnc31)-c1noc(C3CC3)c1CN(C(=O)Cc1cccc(-c3nc(N)c4c5c(n(C(C)C)c4n3)CN(CCO)Cc3c-5noc3C3CC3)c1)C2. The summed E-state index contributed by atoms with van der Waals surface area (Å²) in [4.78, 5) is 37.9. The van der Waals surface area contributed by atoms with Gasteiger partial charge in [0.2, 0.25) is 5.91 Å².